The van der Waals surface area contributed by atoms with E-state index in [0.29, 0.717) is 5.69 Å². The molecule has 0 aliphatic carbocycles. The Bertz CT molecular complexity index is 569. The van der Waals surface area contributed by atoms with Crippen LogP contribution in [-0.4, -0.2) is 38.8 Å². The number of nitrogens with one attached hydrogen (secondary N) is 1. The smallest absolute Gasteiger partial charge is 0.208 e. The van der Waals surface area contributed by atoms with Gasteiger partial charge in [-0.25, -0.2) is 18.1 Å². The lowest BCUT2D eigenvalue weighted by molar-refractivity contribution is 0.461. The number of hydrogen-bond donors (Lipinski definition) is 1. The summed E-state index contributed by atoms with van der Waals surface area (Å²) in [5.41, 5.74) is 1.37. The first-order chi connectivity index (χ1) is 8.98. The Balaban J connectivity index is 1.94. The molecular formula is C12H16N4O2S. The van der Waals surface area contributed by atoms with E-state index < -0.39 is 10.0 Å². The third-order valence-corrected chi connectivity index (χ3v) is 3.86. The normalized spacial score (nSPS) is 17.2. The maximum absolute atomic E-state index is 11.2. The molecule has 0 saturated carbocycles. The van der Waals surface area contributed by atoms with Crippen LogP contribution in [0.2, 0.25) is 0 Å². The van der Waals surface area contributed by atoms with Crippen LogP contribution in [0, 0.1) is 11.3 Å². The lowest BCUT2D eigenvalue weighted by atomic mass is 10.1. The van der Waals surface area contributed by atoms with Gasteiger partial charge in [0.1, 0.15) is 11.8 Å². The molecule has 2 rings (SSSR count). The van der Waals surface area contributed by atoms with Gasteiger partial charge in [0.05, 0.1) is 18.1 Å². The zero-order valence-corrected chi connectivity index (χ0v) is 11.5. The highest BCUT2D eigenvalue weighted by molar-refractivity contribution is 7.88. The maximum Gasteiger partial charge on any atom is 0.208 e. The summed E-state index contributed by atoms with van der Waals surface area (Å²) in [6.07, 6.45) is 4.41. The minimum Gasteiger partial charge on any atom is -0.370 e. The van der Waals surface area contributed by atoms with Crippen molar-refractivity contribution >= 4 is 15.7 Å². The van der Waals surface area contributed by atoms with Crippen molar-refractivity contribution in [2.75, 3.05) is 24.2 Å². The first-order valence-electron chi connectivity index (χ1n) is 6.06. The Labute approximate surface area is 113 Å². The molecule has 1 aliphatic rings. The number of aromatic nitrogens is 1. The van der Waals surface area contributed by atoms with E-state index in [1.54, 1.807) is 12.3 Å². The molecule has 0 radical (unpaired) electrons. The average molecular weight is 280 g/mol. The number of hydrogen-bond acceptors (Lipinski definition) is 5. The van der Waals surface area contributed by atoms with Crippen LogP contribution in [0.1, 0.15) is 18.5 Å². The summed E-state index contributed by atoms with van der Waals surface area (Å²) in [7, 11) is -3.13. The van der Waals surface area contributed by atoms with Crippen molar-refractivity contribution in [1.29, 1.82) is 5.26 Å². The van der Waals surface area contributed by atoms with Gasteiger partial charge in [-0.1, -0.05) is 0 Å². The SMILES string of the molecule is CS(=O)(=O)NC1CCN(c2ccc(C#N)nc2)CC1. The van der Waals surface area contributed by atoms with Crippen LogP contribution in [0.15, 0.2) is 18.3 Å². The molecule has 1 aromatic rings. The predicted molar refractivity (Wildman–Crippen MR) is 72.2 cm³/mol. The van der Waals surface area contributed by atoms with Gasteiger partial charge in [0.15, 0.2) is 0 Å². The highest BCUT2D eigenvalue weighted by Crippen LogP contribution is 2.19. The van der Waals surface area contributed by atoms with Crippen LogP contribution in [-0.2, 0) is 10.0 Å². The van der Waals surface area contributed by atoms with Crippen molar-refractivity contribution in [3.05, 3.63) is 24.0 Å². The largest absolute Gasteiger partial charge is 0.370 e. The zero-order chi connectivity index (χ0) is 13.9. The minimum atomic E-state index is -3.13. The van der Waals surface area contributed by atoms with Crippen molar-refractivity contribution < 1.29 is 8.42 Å². The van der Waals surface area contributed by atoms with Crippen molar-refractivity contribution in [2.24, 2.45) is 0 Å². The summed E-state index contributed by atoms with van der Waals surface area (Å²) in [6.45, 7) is 1.56. The van der Waals surface area contributed by atoms with E-state index in [-0.39, 0.29) is 6.04 Å². The highest BCUT2D eigenvalue weighted by Gasteiger charge is 2.21. The molecule has 1 saturated heterocycles. The molecular weight excluding hydrogens is 264 g/mol. The number of sulfonamides is 1. The van der Waals surface area contributed by atoms with Gasteiger partial charge in [-0.3, -0.25) is 0 Å². The third-order valence-electron chi connectivity index (χ3n) is 3.10. The molecule has 0 amide bonds. The van der Waals surface area contributed by atoms with Gasteiger partial charge < -0.3 is 4.90 Å². The van der Waals surface area contributed by atoms with E-state index in [2.05, 4.69) is 14.6 Å². The number of anilines is 1. The van der Waals surface area contributed by atoms with Gasteiger partial charge in [-0.2, -0.15) is 5.26 Å². The van der Waals surface area contributed by atoms with Crippen molar-refractivity contribution in [1.82, 2.24) is 9.71 Å². The van der Waals surface area contributed by atoms with Crippen molar-refractivity contribution in [3.8, 4) is 6.07 Å². The van der Waals surface area contributed by atoms with E-state index in [1.807, 2.05) is 12.1 Å². The van der Waals surface area contributed by atoms with Gasteiger partial charge in [0.2, 0.25) is 10.0 Å². The summed E-state index contributed by atoms with van der Waals surface area (Å²) in [5.74, 6) is 0. The van der Waals surface area contributed by atoms with Gasteiger partial charge in [-0.05, 0) is 25.0 Å². The molecule has 1 aromatic heterocycles. The summed E-state index contributed by atoms with van der Waals surface area (Å²) < 4.78 is 24.9. The number of piperidine rings is 1. The van der Waals surface area contributed by atoms with E-state index in [4.69, 9.17) is 5.26 Å². The molecule has 19 heavy (non-hydrogen) atoms. The molecule has 0 atom stereocenters. The molecule has 1 fully saturated rings. The number of pyridine rings is 1. The lowest BCUT2D eigenvalue weighted by Crippen LogP contribution is -2.44. The monoisotopic (exact) mass is 280 g/mol. The van der Waals surface area contributed by atoms with Crippen LogP contribution in [0.4, 0.5) is 5.69 Å². The molecule has 1 aliphatic heterocycles. The fourth-order valence-electron chi connectivity index (χ4n) is 2.20. The Hall–Kier alpha value is -1.65. The molecule has 6 nitrogen and oxygen atoms in total. The maximum atomic E-state index is 11.2. The molecule has 2 heterocycles. The van der Waals surface area contributed by atoms with E-state index in [9.17, 15) is 8.42 Å². The second kappa shape index (κ2) is 5.55. The average Bonchev–Trinajstić information content (AvgIpc) is 2.38. The standard InChI is InChI=1S/C12H16N4O2S/c1-19(17,18)15-10-4-6-16(7-5-10)12-3-2-11(8-13)14-9-12/h2-3,9-10,15H,4-7H2,1H3. The fraction of sp³-hybridized carbons (Fsp3) is 0.500. The Morgan fingerprint density at radius 2 is 2.11 bits per heavy atom. The van der Waals surface area contributed by atoms with Crippen LogP contribution in [0.3, 0.4) is 0 Å². The van der Waals surface area contributed by atoms with E-state index in [1.165, 1.54) is 6.26 Å². The van der Waals surface area contributed by atoms with Gasteiger partial charge >= 0.3 is 0 Å². The number of nitrogens with zero attached hydrogens (tertiary/aromatic N) is 3. The van der Waals surface area contributed by atoms with Gasteiger partial charge in [-0.15, -0.1) is 0 Å². The molecule has 0 aromatic carbocycles. The van der Waals surface area contributed by atoms with Crippen LogP contribution < -0.4 is 9.62 Å². The number of nitriles is 1. The summed E-state index contributed by atoms with van der Waals surface area (Å²) in [6, 6.07) is 5.56. The van der Waals surface area contributed by atoms with Gasteiger partial charge in [0.25, 0.3) is 0 Å². The Morgan fingerprint density at radius 1 is 1.42 bits per heavy atom. The third kappa shape index (κ3) is 3.91. The zero-order valence-electron chi connectivity index (χ0n) is 10.7. The van der Waals surface area contributed by atoms with Crippen LogP contribution in [0.5, 0.6) is 0 Å². The van der Waals surface area contributed by atoms with Crippen LogP contribution in [0.25, 0.3) is 0 Å². The Morgan fingerprint density at radius 3 is 2.58 bits per heavy atom. The molecule has 7 heteroatoms. The summed E-state index contributed by atoms with van der Waals surface area (Å²) in [4.78, 5) is 6.18. The quantitative estimate of drug-likeness (QED) is 0.870. The second-order valence-electron chi connectivity index (χ2n) is 4.66. The number of rotatable bonds is 3. The molecule has 102 valence electrons. The Kier molecular flexibility index (Phi) is 4.02. The van der Waals surface area contributed by atoms with Crippen molar-refractivity contribution in [3.63, 3.8) is 0 Å². The molecule has 0 spiro atoms. The topological polar surface area (TPSA) is 86.1 Å². The minimum absolute atomic E-state index is 0.0117. The summed E-state index contributed by atoms with van der Waals surface area (Å²) >= 11 is 0. The van der Waals surface area contributed by atoms with Gasteiger partial charge in [0, 0.05) is 19.1 Å². The lowest BCUT2D eigenvalue weighted by Gasteiger charge is -2.33. The highest BCUT2D eigenvalue weighted by atomic mass is 32.2. The van der Waals surface area contributed by atoms with Crippen LogP contribution >= 0.6 is 0 Å². The van der Waals surface area contributed by atoms with E-state index in [0.717, 1.165) is 31.6 Å². The van der Waals surface area contributed by atoms with Crippen molar-refractivity contribution in [2.45, 2.75) is 18.9 Å². The van der Waals surface area contributed by atoms with E-state index >= 15 is 0 Å². The molecule has 0 bridgehead atoms. The second-order valence-corrected chi connectivity index (χ2v) is 6.44. The predicted octanol–water partition coefficient (Wildman–Crippen LogP) is 0.471. The first kappa shape index (κ1) is 13.8. The fourth-order valence-corrected chi connectivity index (χ4v) is 3.04. The molecule has 0 unspecified atom stereocenters. The first-order valence-corrected chi connectivity index (χ1v) is 7.95. The molecule has 1 N–H and O–H groups in total. The summed E-state index contributed by atoms with van der Waals surface area (Å²) in [5, 5.41) is 8.69.